The number of rotatable bonds is 8. The first-order valence-electron chi connectivity index (χ1n) is 10.6. The van der Waals surface area contributed by atoms with Crippen molar-refractivity contribution in [3.8, 4) is 0 Å². The van der Waals surface area contributed by atoms with E-state index in [4.69, 9.17) is 12.2 Å². The minimum atomic E-state index is 0.0354. The highest BCUT2D eigenvalue weighted by molar-refractivity contribution is 7.80. The Morgan fingerprint density at radius 2 is 1.87 bits per heavy atom. The van der Waals surface area contributed by atoms with Crippen molar-refractivity contribution in [2.24, 2.45) is 0 Å². The molecule has 0 saturated carbocycles. The van der Waals surface area contributed by atoms with Gasteiger partial charge >= 0.3 is 0 Å². The fraction of sp³-hybridized carbons (Fsp3) is 0.333. The number of pyridine rings is 1. The number of hydrogen-bond acceptors (Lipinski definition) is 3. The minimum absolute atomic E-state index is 0.0354. The number of hydrogen-bond donors (Lipinski definition) is 2. The van der Waals surface area contributed by atoms with Crippen LogP contribution in [0, 0.1) is 0 Å². The molecule has 0 unspecified atom stereocenters. The van der Waals surface area contributed by atoms with Gasteiger partial charge in [0.1, 0.15) is 0 Å². The van der Waals surface area contributed by atoms with E-state index in [1.165, 1.54) is 5.69 Å². The highest BCUT2D eigenvalue weighted by Crippen LogP contribution is 2.39. The molecular weight excluding hydrogens is 390 g/mol. The summed E-state index contributed by atoms with van der Waals surface area (Å²) in [6, 6.07) is 21.3. The van der Waals surface area contributed by atoms with Crippen molar-refractivity contribution in [3.05, 3.63) is 84.4 Å². The summed E-state index contributed by atoms with van der Waals surface area (Å²) >= 11 is 5.78. The molecule has 1 saturated heterocycles. The molecule has 2 atom stereocenters. The Morgan fingerprint density at radius 3 is 2.60 bits per heavy atom. The fourth-order valence-corrected chi connectivity index (χ4v) is 4.47. The highest BCUT2D eigenvalue weighted by Gasteiger charge is 2.40. The predicted octanol–water partition coefficient (Wildman–Crippen LogP) is 4.94. The number of nitrogens with one attached hydrogen (secondary N) is 2. The average Bonchev–Trinajstić information content (AvgIpc) is 3.37. The molecule has 3 aromatic rings. The summed E-state index contributed by atoms with van der Waals surface area (Å²) in [6.45, 7) is 6.21. The van der Waals surface area contributed by atoms with Crippen LogP contribution in [0.2, 0.25) is 0 Å². The molecule has 2 N–H and O–H groups in total. The second-order valence-corrected chi connectivity index (χ2v) is 8.29. The van der Waals surface area contributed by atoms with Crippen LogP contribution in [0.25, 0.3) is 0 Å². The lowest BCUT2D eigenvalue weighted by Crippen LogP contribution is -2.32. The standard InChI is InChI=1S/C24H29N5S/c1-18(2)28-16-8-13-21(28)23-22(20-12-6-7-14-26-20)27-24(30)29(23)17-9-15-25-19-10-4-3-5-11-19/h3-8,10-14,16,18,22-23,25H,9,15,17H2,1-2H3,(H,27,30)/t22-,23-/m0/s1. The van der Waals surface area contributed by atoms with Gasteiger partial charge in [-0.15, -0.1) is 0 Å². The van der Waals surface area contributed by atoms with Crippen molar-refractivity contribution >= 4 is 23.0 Å². The Kier molecular flexibility index (Phi) is 6.33. The Labute approximate surface area is 184 Å². The summed E-state index contributed by atoms with van der Waals surface area (Å²) in [5.74, 6) is 0. The maximum atomic E-state index is 5.78. The highest BCUT2D eigenvalue weighted by atomic mass is 32.1. The van der Waals surface area contributed by atoms with E-state index in [-0.39, 0.29) is 12.1 Å². The molecule has 0 bridgehead atoms. The van der Waals surface area contributed by atoms with Crippen molar-refractivity contribution < 1.29 is 0 Å². The second-order valence-electron chi connectivity index (χ2n) is 7.90. The fourth-order valence-electron chi connectivity index (χ4n) is 4.13. The number of thiocarbonyl (C=S) groups is 1. The van der Waals surface area contributed by atoms with E-state index in [0.29, 0.717) is 6.04 Å². The molecule has 1 fully saturated rings. The SMILES string of the molecule is CC(C)n1cccc1[C@H]1[C@H](c2ccccn2)NC(=S)N1CCCNc1ccccc1. The largest absolute Gasteiger partial charge is 0.385 e. The lowest BCUT2D eigenvalue weighted by Gasteiger charge is -2.30. The van der Waals surface area contributed by atoms with Crippen LogP contribution in [-0.4, -0.2) is 32.7 Å². The summed E-state index contributed by atoms with van der Waals surface area (Å²) in [4.78, 5) is 6.96. The van der Waals surface area contributed by atoms with Gasteiger partial charge in [0, 0.05) is 42.9 Å². The van der Waals surface area contributed by atoms with Gasteiger partial charge in [-0.3, -0.25) is 4.98 Å². The zero-order chi connectivity index (χ0) is 20.9. The molecule has 0 aliphatic carbocycles. The van der Waals surface area contributed by atoms with Crippen LogP contribution in [0.3, 0.4) is 0 Å². The van der Waals surface area contributed by atoms with Gasteiger partial charge in [0.25, 0.3) is 0 Å². The molecule has 30 heavy (non-hydrogen) atoms. The summed E-state index contributed by atoms with van der Waals surface area (Å²) in [6.07, 6.45) is 5.00. The summed E-state index contributed by atoms with van der Waals surface area (Å²) in [5.41, 5.74) is 3.44. The number of anilines is 1. The van der Waals surface area contributed by atoms with Crippen molar-refractivity contribution in [3.63, 3.8) is 0 Å². The zero-order valence-electron chi connectivity index (χ0n) is 17.5. The molecule has 0 amide bonds. The van der Waals surface area contributed by atoms with Crippen LogP contribution in [0.1, 0.15) is 49.8 Å². The number of para-hydroxylation sites is 1. The zero-order valence-corrected chi connectivity index (χ0v) is 18.3. The van der Waals surface area contributed by atoms with Crippen LogP contribution < -0.4 is 10.6 Å². The lowest BCUT2D eigenvalue weighted by molar-refractivity contribution is 0.298. The molecule has 6 heteroatoms. The van der Waals surface area contributed by atoms with Gasteiger partial charge in [-0.2, -0.15) is 0 Å². The van der Waals surface area contributed by atoms with E-state index in [1.54, 1.807) is 0 Å². The molecule has 3 heterocycles. The van der Waals surface area contributed by atoms with Gasteiger partial charge in [-0.1, -0.05) is 24.3 Å². The average molecular weight is 420 g/mol. The van der Waals surface area contributed by atoms with E-state index < -0.39 is 0 Å². The minimum Gasteiger partial charge on any atom is -0.385 e. The summed E-state index contributed by atoms with van der Waals surface area (Å²) in [5, 5.41) is 7.84. The first-order valence-corrected chi connectivity index (χ1v) is 11.0. The molecule has 156 valence electrons. The van der Waals surface area contributed by atoms with Gasteiger partial charge in [0.05, 0.1) is 17.8 Å². The Hall–Kier alpha value is -2.86. The van der Waals surface area contributed by atoms with Gasteiger partial charge in [-0.25, -0.2) is 0 Å². The van der Waals surface area contributed by atoms with E-state index >= 15 is 0 Å². The predicted molar refractivity (Wildman–Crippen MR) is 127 cm³/mol. The molecule has 1 aliphatic heterocycles. The third kappa shape index (κ3) is 4.33. The van der Waals surface area contributed by atoms with E-state index in [1.807, 2.05) is 24.4 Å². The van der Waals surface area contributed by atoms with Crippen molar-refractivity contribution in [2.45, 2.75) is 38.4 Å². The van der Waals surface area contributed by atoms with E-state index in [9.17, 15) is 0 Å². The molecule has 0 radical (unpaired) electrons. The van der Waals surface area contributed by atoms with Gasteiger partial charge in [0.2, 0.25) is 0 Å². The molecule has 0 spiro atoms. The quantitative estimate of drug-likeness (QED) is 0.400. The second kappa shape index (κ2) is 9.30. The first-order chi connectivity index (χ1) is 14.6. The van der Waals surface area contributed by atoms with Crippen LogP contribution in [0.5, 0.6) is 0 Å². The number of aromatic nitrogens is 2. The smallest absolute Gasteiger partial charge is 0.170 e. The topological polar surface area (TPSA) is 45.1 Å². The van der Waals surface area contributed by atoms with Crippen LogP contribution in [0.15, 0.2) is 73.1 Å². The van der Waals surface area contributed by atoms with Crippen molar-refractivity contribution in [1.82, 2.24) is 19.8 Å². The lowest BCUT2D eigenvalue weighted by atomic mass is 10.0. The third-order valence-corrected chi connectivity index (χ3v) is 5.90. The maximum Gasteiger partial charge on any atom is 0.170 e. The molecule has 2 aromatic heterocycles. The molecular formula is C24H29N5S. The van der Waals surface area contributed by atoms with Gasteiger partial charge in [-0.05, 0) is 68.9 Å². The van der Waals surface area contributed by atoms with Gasteiger partial charge in [0.15, 0.2) is 5.11 Å². The van der Waals surface area contributed by atoms with Gasteiger partial charge < -0.3 is 20.1 Å². The molecule has 1 aromatic carbocycles. The normalized spacial score (nSPS) is 18.6. The van der Waals surface area contributed by atoms with Crippen molar-refractivity contribution in [2.75, 3.05) is 18.4 Å². The Morgan fingerprint density at radius 1 is 1.07 bits per heavy atom. The summed E-state index contributed by atoms with van der Waals surface area (Å²) in [7, 11) is 0. The van der Waals surface area contributed by atoms with E-state index in [0.717, 1.165) is 36.0 Å². The van der Waals surface area contributed by atoms with E-state index in [2.05, 4.69) is 87.6 Å². The Bertz CT molecular complexity index is 954. The Balaban J connectivity index is 1.54. The molecule has 1 aliphatic rings. The summed E-state index contributed by atoms with van der Waals surface area (Å²) < 4.78 is 2.34. The third-order valence-electron chi connectivity index (χ3n) is 5.55. The molecule has 4 rings (SSSR count). The number of benzene rings is 1. The van der Waals surface area contributed by atoms with Crippen molar-refractivity contribution in [1.29, 1.82) is 0 Å². The van der Waals surface area contributed by atoms with Crippen LogP contribution in [0.4, 0.5) is 5.69 Å². The van der Waals surface area contributed by atoms with Crippen LogP contribution in [-0.2, 0) is 0 Å². The number of nitrogens with zero attached hydrogens (tertiary/aromatic N) is 3. The van der Waals surface area contributed by atoms with Crippen LogP contribution >= 0.6 is 12.2 Å². The first kappa shape index (κ1) is 20.4. The molecule has 5 nitrogen and oxygen atoms in total. The maximum absolute atomic E-state index is 5.78. The monoisotopic (exact) mass is 419 g/mol.